The highest BCUT2D eigenvalue weighted by Gasteiger charge is 2.19. The molecule has 0 aliphatic rings. The van der Waals surface area contributed by atoms with E-state index < -0.39 is 11.8 Å². The van der Waals surface area contributed by atoms with Crippen LogP contribution >= 0.6 is 0 Å². The van der Waals surface area contributed by atoms with Crippen molar-refractivity contribution >= 4 is 22.7 Å². The summed E-state index contributed by atoms with van der Waals surface area (Å²) < 4.78 is 22.2. The molecule has 0 saturated carbocycles. The second kappa shape index (κ2) is 11.2. The van der Waals surface area contributed by atoms with Crippen molar-refractivity contribution in [1.29, 1.82) is 0 Å². The van der Waals surface area contributed by atoms with E-state index >= 15 is 0 Å². The molecule has 1 heterocycles. The third-order valence-electron chi connectivity index (χ3n) is 4.92. The lowest BCUT2D eigenvalue weighted by Crippen LogP contribution is -2.42. The van der Waals surface area contributed by atoms with Crippen molar-refractivity contribution in [3.05, 3.63) is 53.2 Å². The lowest BCUT2D eigenvalue weighted by molar-refractivity contribution is 0.0845. The molecule has 0 aliphatic heterocycles. The van der Waals surface area contributed by atoms with Crippen LogP contribution in [0, 0.1) is 6.92 Å². The smallest absolute Gasteiger partial charge is 0.271 e. The van der Waals surface area contributed by atoms with Crippen LogP contribution in [0.2, 0.25) is 0 Å². The fourth-order valence-corrected chi connectivity index (χ4v) is 3.38. The van der Waals surface area contributed by atoms with Crippen LogP contribution in [0.1, 0.15) is 47.2 Å². The Morgan fingerprint density at radius 3 is 2.06 bits per heavy atom. The first-order chi connectivity index (χ1) is 16.4. The molecule has 0 aliphatic carbocycles. The predicted molar refractivity (Wildman–Crippen MR) is 128 cm³/mol. The number of carbonyl (C=O) groups excluding carboxylic acids is 2. The number of rotatable bonds is 9. The van der Waals surface area contributed by atoms with Gasteiger partial charge in [-0.05, 0) is 64.1 Å². The summed E-state index contributed by atoms with van der Waals surface area (Å²) in [6.07, 6.45) is 0. The van der Waals surface area contributed by atoms with Gasteiger partial charge in [-0.2, -0.15) is 0 Å². The van der Waals surface area contributed by atoms with Gasteiger partial charge in [0.1, 0.15) is 5.75 Å². The van der Waals surface area contributed by atoms with E-state index in [-0.39, 0.29) is 5.56 Å². The molecule has 0 bridgehead atoms. The van der Waals surface area contributed by atoms with Crippen LogP contribution in [-0.2, 0) is 0 Å². The summed E-state index contributed by atoms with van der Waals surface area (Å²) in [6.45, 7) is 8.42. The number of nitrogens with one attached hydrogen (secondary N) is 2. The summed E-state index contributed by atoms with van der Waals surface area (Å²) in [5.41, 5.74) is 6.74. The number of benzene rings is 2. The Kier molecular flexibility index (Phi) is 8.13. The Bertz CT molecular complexity index is 1170. The van der Waals surface area contributed by atoms with Gasteiger partial charge in [0.15, 0.2) is 11.5 Å². The van der Waals surface area contributed by atoms with E-state index in [0.717, 1.165) is 10.9 Å². The average Bonchev–Trinajstić information content (AvgIpc) is 2.83. The molecule has 0 unspecified atom stereocenters. The monoisotopic (exact) mass is 467 g/mol. The topological polar surface area (TPSA) is 108 Å². The van der Waals surface area contributed by atoms with E-state index in [2.05, 4.69) is 15.8 Å². The Morgan fingerprint density at radius 2 is 1.47 bits per heavy atom. The normalized spacial score (nSPS) is 10.5. The number of aryl methyl sites for hydroxylation is 1. The summed E-state index contributed by atoms with van der Waals surface area (Å²) in [4.78, 5) is 30.1. The van der Waals surface area contributed by atoms with Crippen molar-refractivity contribution in [2.24, 2.45) is 0 Å². The summed E-state index contributed by atoms with van der Waals surface area (Å²) in [5, 5.41) is 0.746. The van der Waals surface area contributed by atoms with Gasteiger partial charge < -0.3 is 18.9 Å². The fraction of sp³-hybridized carbons (Fsp3) is 0.320. The lowest BCUT2D eigenvalue weighted by Gasteiger charge is -2.17. The quantitative estimate of drug-likeness (QED) is 0.461. The van der Waals surface area contributed by atoms with E-state index in [4.69, 9.17) is 18.9 Å². The van der Waals surface area contributed by atoms with E-state index in [9.17, 15) is 9.59 Å². The van der Waals surface area contributed by atoms with Gasteiger partial charge in [-0.15, -0.1) is 0 Å². The van der Waals surface area contributed by atoms with Crippen molar-refractivity contribution in [3.63, 3.8) is 0 Å². The molecule has 9 heteroatoms. The molecule has 0 atom stereocenters. The van der Waals surface area contributed by atoms with E-state index in [0.29, 0.717) is 54.1 Å². The minimum Gasteiger partial charge on any atom is -0.497 e. The second-order valence-electron chi connectivity index (χ2n) is 7.19. The number of amides is 2. The van der Waals surface area contributed by atoms with Crippen LogP contribution in [0.3, 0.4) is 0 Å². The van der Waals surface area contributed by atoms with Gasteiger partial charge in [-0.25, -0.2) is 0 Å². The number of hydrogen-bond donors (Lipinski definition) is 2. The Labute approximate surface area is 198 Å². The van der Waals surface area contributed by atoms with Crippen LogP contribution in [0.4, 0.5) is 0 Å². The van der Waals surface area contributed by atoms with Gasteiger partial charge in [0.05, 0.1) is 43.7 Å². The molecule has 2 amide bonds. The zero-order chi connectivity index (χ0) is 24.7. The SMILES string of the molecule is CCOc1cc(C(=O)NNC(=O)c2cc3cc(OC)ccc3nc2C)cc(OCC)c1OCC. The van der Waals surface area contributed by atoms with Crippen LogP contribution in [0.25, 0.3) is 10.9 Å². The van der Waals surface area contributed by atoms with Crippen LogP contribution in [0.5, 0.6) is 23.0 Å². The number of aromatic nitrogens is 1. The Balaban J connectivity index is 1.82. The third kappa shape index (κ3) is 5.48. The number of methoxy groups -OCH3 is 1. The number of hydrazine groups is 1. The number of fused-ring (bicyclic) bond motifs is 1. The van der Waals surface area contributed by atoms with Crippen LogP contribution < -0.4 is 29.8 Å². The predicted octanol–water partition coefficient (Wildman–Crippen LogP) is 3.82. The summed E-state index contributed by atoms with van der Waals surface area (Å²) in [6, 6.07) is 10.2. The highest BCUT2D eigenvalue weighted by Crippen LogP contribution is 2.39. The zero-order valence-corrected chi connectivity index (χ0v) is 20.0. The molecular weight excluding hydrogens is 438 g/mol. The molecule has 0 fully saturated rings. The molecule has 0 radical (unpaired) electrons. The molecule has 0 spiro atoms. The number of pyridine rings is 1. The third-order valence-corrected chi connectivity index (χ3v) is 4.92. The maximum Gasteiger partial charge on any atom is 0.271 e. The number of nitrogens with zero attached hydrogens (tertiary/aromatic N) is 1. The first-order valence-corrected chi connectivity index (χ1v) is 11.0. The molecule has 3 rings (SSSR count). The van der Waals surface area contributed by atoms with Crippen molar-refractivity contribution in [3.8, 4) is 23.0 Å². The van der Waals surface area contributed by atoms with Gasteiger partial charge in [-0.1, -0.05) is 0 Å². The first kappa shape index (κ1) is 24.6. The average molecular weight is 468 g/mol. The molecule has 3 aromatic rings. The van der Waals surface area contributed by atoms with Gasteiger partial charge in [0.2, 0.25) is 5.75 Å². The number of ether oxygens (including phenoxy) is 4. The van der Waals surface area contributed by atoms with Crippen LogP contribution in [0.15, 0.2) is 36.4 Å². The van der Waals surface area contributed by atoms with Gasteiger partial charge >= 0.3 is 0 Å². The maximum absolute atomic E-state index is 12.8. The molecule has 9 nitrogen and oxygen atoms in total. The zero-order valence-electron chi connectivity index (χ0n) is 20.0. The molecule has 0 saturated heterocycles. The minimum absolute atomic E-state index is 0.244. The molecule has 2 aromatic carbocycles. The molecule has 34 heavy (non-hydrogen) atoms. The fourth-order valence-electron chi connectivity index (χ4n) is 3.38. The summed E-state index contributed by atoms with van der Waals surface area (Å²) in [5.74, 6) is 0.824. The van der Waals surface area contributed by atoms with Crippen molar-refractivity contribution in [2.75, 3.05) is 26.9 Å². The number of carbonyl (C=O) groups is 2. The summed E-state index contributed by atoms with van der Waals surface area (Å²) >= 11 is 0. The first-order valence-electron chi connectivity index (χ1n) is 11.0. The number of hydrogen-bond acceptors (Lipinski definition) is 7. The Morgan fingerprint density at radius 1 is 0.853 bits per heavy atom. The largest absolute Gasteiger partial charge is 0.497 e. The van der Waals surface area contributed by atoms with Crippen molar-refractivity contribution < 1.29 is 28.5 Å². The van der Waals surface area contributed by atoms with Crippen molar-refractivity contribution in [2.45, 2.75) is 27.7 Å². The summed E-state index contributed by atoms with van der Waals surface area (Å²) in [7, 11) is 1.57. The lowest BCUT2D eigenvalue weighted by atomic mass is 10.1. The highest BCUT2D eigenvalue weighted by atomic mass is 16.5. The second-order valence-corrected chi connectivity index (χ2v) is 7.19. The highest BCUT2D eigenvalue weighted by molar-refractivity contribution is 6.01. The molecular formula is C25H29N3O6. The molecule has 2 N–H and O–H groups in total. The van der Waals surface area contributed by atoms with E-state index in [1.807, 2.05) is 26.8 Å². The van der Waals surface area contributed by atoms with Gasteiger partial charge in [0, 0.05) is 10.9 Å². The van der Waals surface area contributed by atoms with Gasteiger partial charge in [-0.3, -0.25) is 25.4 Å². The molecule has 1 aromatic heterocycles. The van der Waals surface area contributed by atoms with E-state index in [1.54, 1.807) is 44.4 Å². The standard InChI is InChI=1S/C25H29N3O6/c1-6-32-21-13-17(14-22(33-7-2)23(21)34-8-3)24(29)27-28-25(30)19-12-16-11-18(31-5)9-10-20(16)26-15(19)4/h9-14H,6-8H2,1-5H3,(H,27,29)(H,28,30). The van der Waals surface area contributed by atoms with Gasteiger partial charge in [0.25, 0.3) is 11.8 Å². The maximum atomic E-state index is 12.8. The van der Waals surface area contributed by atoms with Crippen molar-refractivity contribution in [1.82, 2.24) is 15.8 Å². The molecule has 180 valence electrons. The minimum atomic E-state index is -0.536. The van der Waals surface area contributed by atoms with Crippen LogP contribution in [-0.4, -0.2) is 43.7 Å². The van der Waals surface area contributed by atoms with E-state index in [1.165, 1.54) is 0 Å². The Hall–Kier alpha value is -4.01.